The van der Waals surface area contributed by atoms with Gasteiger partial charge in [-0.2, -0.15) is 0 Å². The minimum Gasteiger partial charge on any atom is -0.491 e. The third-order valence-corrected chi connectivity index (χ3v) is 4.16. The Bertz CT molecular complexity index is 1000. The molecule has 3 aromatic rings. The number of carbonyl (C=O) groups is 2. The van der Waals surface area contributed by atoms with Crippen LogP contribution in [0.4, 0.5) is 15.8 Å². The maximum absolute atomic E-state index is 13.0. The summed E-state index contributed by atoms with van der Waals surface area (Å²) in [6.07, 6.45) is 0. The molecule has 0 saturated carbocycles. The number of hydrogen-bond acceptors (Lipinski definition) is 4. The Hall–Kier alpha value is -3.71. The highest BCUT2D eigenvalue weighted by atomic mass is 19.1. The predicted molar refractivity (Wildman–Crippen MR) is 113 cm³/mol. The van der Waals surface area contributed by atoms with E-state index in [1.54, 1.807) is 55.6 Å². The number of halogens is 1. The van der Waals surface area contributed by atoms with E-state index < -0.39 is 0 Å². The van der Waals surface area contributed by atoms with Gasteiger partial charge in [0.15, 0.2) is 0 Å². The molecule has 0 radical (unpaired) electrons. The van der Waals surface area contributed by atoms with Gasteiger partial charge in [0.2, 0.25) is 0 Å². The van der Waals surface area contributed by atoms with E-state index in [1.165, 1.54) is 24.3 Å². The highest BCUT2D eigenvalue weighted by Gasteiger charge is 2.10. The molecule has 0 bridgehead atoms. The van der Waals surface area contributed by atoms with Crippen LogP contribution in [0, 0.1) is 5.82 Å². The summed E-state index contributed by atoms with van der Waals surface area (Å²) in [6.45, 7) is 0.905. The summed E-state index contributed by atoms with van der Waals surface area (Å²) >= 11 is 0. The first-order valence-electron chi connectivity index (χ1n) is 9.25. The van der Waals surface area contributed by atoms with E-state index in [4.69, 9.17) is 9.47 Å². The highest BCUT2D eigenvalue weighted by molar-refractivity contribution is 6.07. The number of rotatable bonds is 8. The molecule has 0 spiro atoms. The minimum atomic E-state index is -0.382. The topological polar surface area (TPSA) is 76.7 Å². The van der Waals surface area contributed by atoms with E-state index in [-0.39, 0.29) is 17.6 Å². The Labute approximate surface area is 173 Å². The van der Waals surface area contributed by atoms with Gasteiger partial charge in [0.25, 0.3) is 11.8 Å². The van der Waals surface area contributed by atoms with Gasteiger partial charge in [-0.05, 0) is 66.7 Å². The Kier molecular flexibility index (Phi) is 7.13. The van der Waals surface area contributed by atoms with Crippen LogP contribution in [0.2, 0.25) is 0 Å². The van der Waals surface area contributed by atoms with Gasteiger partial charge in [0, 0.05) is 29.6 Å². The molecule has 6 nitrogen and oxygen atoms in total. The summed E-state index contributed by atoms with van der Waals surface area (Å²) < 4.78 is 23.4. The van der Waals surface area contributed by atoms with Crippen LogP contribution in [-0.2, 0) is 4.74 Å². The number of ether oxygens (including phenoxy) is 2. The normalized spacial score (nSPS) is 10.3. The summed E-state index contributed by atoms with van der Waals surface area (Å²) in [6, 6.07) is 18.7. The van der Waals surface area contributed by atoms with Crippen LogP contribution in [0.5, 0.6) is 5.75 Å². The van der Waals surface area contributed by atoms with Gasteiger partial charge in [-0.15, -0.1) is 0 Å². The molecule has 0 heterocycles. The standard InChI is InChI=1S/C23H21FN2O4/c1-29-13-14-30-21-11-5-16(6-12-21)22(27)26-20-4-2-3-17(15-20)23(28)25-19-9-7-18(24)8-10-19/h2-12,15H,13-14H2,1H3,(H,25,28)(H,26,27). The molecule has 3 aromatic carbocycles. The van der Waals surface area contributed by atoms with E-state index >= 15 is 0 Å². The Balaban J connectivity index is 1.62. The van der Waals surface area contributed by atoms with Crippen molar-refractivity contribution in [2.45, 2.75) is 0 Å². The van der Waals surface area contributed by atoms with E-state index in [1.807, 2.05) is 0 Å². The van der Waals surface area contributed by atoms with Gasteiger partial charge in [0.1, 0.15) is 18.2 Å². The third-order valence-electron chi connectivity index (χ3n) is 4.16. The van der Waals surface area contributed by atoms with Crippen molar-refractivity contribution in [2.24, 2.45) is 0 Å². The van der Waals surface area contributed by atoms with Crippen molar-refractivity contribution in [1.29, 1.82) is 0 Å². The van der Waals surface area contributed by atoms with Gasteiger partial charge in [-0.1, -0.05) is 6.07 Å². The number of methoxy groups -OCH3 is 1. The first-order valence-corrected chi connectivity index (χ1v) is 9.25. The monoisotopic (exact) mass is 408 g/mol. The number of amides is 2. The Morgan fingerprint density at radius 1 is 0.800 bits per heavy atom. The lowest BCUT2D eigenvalue weighted by Gasteiger charge is -2.09. The first-order chi connectivity index (χ1) is 14.5. The summed E-state index contributed by atoms with van der Waals surface area (Å²) in [5.41, 5.74) is 1.77. The van der Waals surface area contributed by atoms with Crippen LogP contribution in [0.1, 0.15) is 20.7 Å². The molecule has 2 amide bonds. The van der Waals surface area contributed by atoms with E-state index in [2.05, 4.69) is 10.6 Å². The third kappa shape index (κ3) is 5.89. The van der Waals surface area contributed by atoms with Crippen molar-refractivity contribution in [3.8, 4) is 5.75 Å². The van der Waals surface area contributed by atoms with Crippen molar-refractivity contribution in [3.63, 3.8) is 0 Å². The molecule has 0 aromatic heterocycles. The molecular weight excluding hydrogens is 387 g/mol. The molecular formula is C23H21FN2O4. The van der Waals surface area contributed by atoms with E-state index in [9.17, 15) is 14.0 Å². The van der Waals surface area contributed by atoms with Gasteiger partial charge in [-0.25, -0.2) is 4.39 Å². The van der Waals surface area contributed by atoms with Crippen molar-refractivity contribution < 1.29 is 23.5 Å². The number of hydrogen-bond donors (Lipinski definition) is 2. The van der Waals surface area contributed by atoms with Gasteiger partial charge >= 0.3 is 0 Å². The van der Waals surface area contributed by atoms with Crippen LogP contribution < -0.4 is 15.4 Å². The largest absolute Gasteiger partial charge is 0.491 e. The van der Waals surface area contributed by atoms with Crippen LogP contribution in [0.25, 0.3) is 0 Å². The van der Waals surface area contributed by atoms with E-state index in [0.717, 1.165) is 0 Å². The fraction of sp³-hybridized carbons (Fsp3) is 0.130. The molecule has 0 fully saturated rings. The lowest BCUT2D eigenvalue weighted by Crippen LogP contribution is -2.14. The fourth-order valence-corrected chi connectivity index (χ4v) is 2.62. The SMILES string of the molecule is COCCOc1ccc(C(=O)Nc2cccc(C(=O)Nc3ccc(F)cc3)c2)cc1. The average molecular weight is 408 g/mol. The Morgan fingerprint density at radius 3 is 2.17 bits per heavy atom. The zero-order valence-corrected chi connectivity index (χ0v) is 16.4. The molecule has 2 N–H and O–H groups in total. The van der Waals surface area contributed by atoms with Gasteiger partial charge in [0.05, 0.1) is 6.61 Å². The number of carbonyl (C=O) groups excluding carboxylic acids is 2. The highest BCUT2D eigenvalue weighted by Crippen LogP contribution is 2.17. The van der Waals surface area contributed by atoms with Crippen molar-refractivity contribution >= 4 is 23.2 Å². The smallest absolute Gasteiger partial charge is 0.255 e. The molecule has 30 heavy (non-hydrogen) atoms. The molecule has 0 aliphatic carbocycles. The summed E-state index contributed by atoms with van der Waals surface area (Å²) in [5, 5.41) is 5.45. The number of anilines is 2. The maximum atomic E-state index is 13.0. The lowest BCUT2D eigenvalue weighted by atomic mass is 10.1. The molecule has 3 rings (SSSR count). The summed E-state index contributed by atoms with van der Waals surface area (Å²) in [7, 11) is 1.60. The molecule has 154 valence electrons. The second-order valence-corrected chi connectivity index (χ2v) is 6.36. The molecule has 0 atom stereocenters. The first kappa shape index (κ1) is 21.0. The second-order valence-electron chi connectivity index (χ2n) is 6.36. The molecule has 0 unspecified atom stereocenters. The zero-order chi connectivity index (χ0) is 21.3. The number of nitrogens with one attached hydrogen (secondary N) is 2. The summed E-state index contributed by atoms with van der Waals surface area (Å²) in [4.78, 5) is 24.9. The molecule has 0 saturated heterocycles. The maximum Gasteiger partial charge on any atom is 0.255 e. The minimum absolute atomic E-state index is 0.311. The van der Waals surface area contributed by atoms with Crippen molar-refractivity contribution in [3.05, 3.63) is 89.7 Å². The average Bonchev–Trinajstić information content (AvgIpc) is 2.76. The van der Waals surface area contributed by atoms with Crippen LogP contribution in [0.3, 0.4) is 0 Å². The lowest BCUT2D eigenvalue weighted by molar-refractivity contribution is 0.101. The second kappa shape index (κ2) is 10.2. The van der Waals surface area contributed by atoms with Crippen molar-refractivity contribution in [2.75, 3.05) is 31.0 Å². The van der Waals surface area contributed by atoms with Gasteiger partial charge < -0.3 is 20.1 Å². The quantitative estimate of drug-likeness (QED) is 0.543. The summed E-state index contributed by atoms with van der Waals surface area (Å²) in [5.74, 6) is -0.417. The predicted octanol–water partition coefficient (Wildman–Crippen LogP) is 4.36. The van der Waals surface area contributed by atoms with Gasteiger partial charge in [-0.3, -0.25) is 9.59 Å². The van der Waals surface area contributed by atoms with Crippen molar-refractivity contribution in [1.82, 2.24) is 0 Å². The zero-order valence-electron chi connectivity index (χ0n) is 16.4. The fourth-order valence-electron chi connectivity index (χ4n) is 2.62. The van der Waals surface area contributed by atoms with Crippen LogP contribution in [-0.4, -0.2) is 32.1 Å². The van der Waals surface area contributed by atoms with Crippen LogP contribution >= 0.6 is 0 Å². The Morgan fingerprint density at radius 2 is 1.47 bits per heavy atom. The number of benzene rings is 3. The van der Waals surface area contributed by atoms with E-state index in [0.29, 0.717) is 41.5 Å². The van der Waals surface area contributed by atoms with Crippen LogP contribution in [0.15, 0.2) is 72.8 Å². The molecule has 0 aliphatic rings. The molecule has 0 aliphatic heterocycles. The molecule has 7 heteroatoms.